The lowest BCUT2D eigenvalue weighted by Crippen LogP contribution is -2.32. The number of nitrogens with two attached hydrogens (primary N) is 1. The Labute approximate surface area is 123 Å². The maximum atomic E-state index is 11.3. The van der Waals surface area contributed by atoms with Gasteiger partial charge in [0.1, 0.15) is 6.04 Å². The number of carbonyl (C=O) groups is 1. The van der Waals surface area contributed by atoms with Gasteiger partial charge in [-0.2, -0.15) is 16.7 Å². The first-order valence-corrected chi connectivity index (χ1v) is 7.83. The van der Waals surface area contributed by atoms with Crippen LogP contribution < -0.4 is 5.73 Å². The molecule has 0 aliphatic heterocycles. The molecule has 0 aromatic carbocycles. The molecule has 1 atom stereocenters. The fraction of sp³-hybridized carbons (Fsp3) is 0.769. The van der Waals surface area contributed by atoms with Crippen LogP contribution in [-0.2, 0) is 20.7 Å². The van der Waals surface area contributed by atoms with Gasteiger partial charge in [-0.05, 0) is 19.1 Å². The van der Waals surface area contributed by atoms with E-state index in [2.05, 4.69) is 10.1 Å². The molecule has 0 saturated heterocycles. The van der Waals surface area contributed by atoms with Gasteiger partial charge in [0.05, 0.1) is 12.4 Å². The standard InChI is InChI=1S/C13H23N3O3S/c1-5-18-11(17)9(14)6-7-20-8-10-15-12(16-19-10)13(2,3)4/h9H,5-8,14H2,1-4H3. The fourth-order valence-corrected chi connectivity index (χ4v) is 2.21. The van der Waals surface area contributed by atoms with Crippen molar-refractivity contribution in [3.8, 4) is 0 Å². The van der Waals surface area contributed by atoms with Crippen molar-refractivity contribution >= 4 is 17.7 Å². The highest BCUT2D eigenvalue weighted by Crippen LogP contribution is 2.20. The number of hydrogen-bond acceptors (Lipinski definition) is 7. The quantitative estimate of drug-likeness (QED) is 0.607. The van der Waals surface area contributed by atoms with E-state index in [0.717, 1.165) is 5.75 Å². The van der Waals surface area contributed by atoms with E-state index in [1.165, 1.54) is 0 Å². The Morgan fingerprint density at radius 1 is 1.50 bits per heavy atom. The van der Waals surface area contributed by atoms with E-state index < -0.39 is 6.04 Å². The van der Waals surface area contributed by atoms with Gasteiger partial charge in [0, 0.05) is 5.41 Å². The van der Waals surface area contributed by atoms with Gasteiger partial charge in [0.25, 0.3) is 0 Å². The van der Waals surface area contributed by atoms with Gasteiger partial charge < -0.3 is 15.0 Å². The number of ether oxygens (including phenoxy) is 1. The summed E-state index contributed by atoms with van der Waals surface area (Å²) in [7, 11) is 0. The Bertz CT molecular complexity index is 429. The third kappa shape index (κ3) is 5.50. The van der Waals surface area contributed by atoms with Gasteiger partial charge in [-0.1, -0.05) is 25.9 Å². The molecule has 1 aromatic rings. The van der Waals surface area contributed by atoms with Crippen LogP contribution in [0, 0.1) is 0 Å². The summed E-state index contributed by atoms with van der Waals surface area (Å²) >= 11 is 1.61. The number of aromatic nitrogens is 2. The number of esters is 1. The molecule has 0 spiro atoms. The highest BCUT2D eigenvalue weighted by Gasteiger charge is 2.21. The van der Waals surface area contributed by atoms with Crippen LogP contribution in [0.3, 0.4) is 0 Å². The van der Waals surface area contributed by atoms with Crippen LogP contribution in [0.2, 0.25) is 0 Å². The molecule has 0 radical (unpaired) electrons. The minimum absolute atomic E-state index is 0.112. The largest absolute Gasteiger partial charge is 0.465 e. The van der Waals surface area contributed by atoms with Crippen molar-refractivity contribution in [2.45, 2.75) is 51.3 Å². The number of carbonyl (C=O) groups excluding carboxylic acids is 1. The predicted molar refractivity (Wildman–Crippen MR) is 78.4 cm³/mol. The molecule has 114 valence electrons. The van der Waals surface area contributed by atoms with Crippen molar-refractivity contribution in [1.29, 1.82) is 0 Å². The molecule has 2 N–H and O–H groups in total. The van der Waals surface area contributed by atoms with Crippen molar-refractivity contribution in [2.75, 3.05) is 12.4 Å². The average molecular weight is 301 g/mol. The van der Waals surface area contributed by atoms with Gasteiger partial charge >= 0.3 is 5.97 Å². The third-order valence-corrected chi connectivity index (χ3v) is 3.50. The highest BCUT2D eigenvalue weighted by atomic mass is 32.2. The van der Waals surface area contributed by atoms with E-state index in [1.54, 1.807) is 18.7 Å². The van der Waals surface area contributed by atoms with Crippen molar-refractivity contribution in [1.82, 2.24) is 10.1 Å². The smallest absolute Gasteiger partial charge is 0.322 e. The summed E-state index contributed by atoms with van der Waals surface area (Å²) in [5.74, 6) is 2.33. The Morgan fingerprint density at radius 2 is 2.20 bits per heavy atom. The molecular formula is C13H23N3O3S. The summed E-state index contributed by atoms with van der Waals surface area (Å²) in [6, 6.07) is -0.560. The minimum Gasteiger partial charge on any atom is -0.465 e. The second kappa shape index (κ2) is 7.64. The summed E-state index contributed by atoms with van der Waals surface area (Å²) < 4.78 is 10.0. The van der Waals surface area contributed by atoms with Gasteiger partial charge in [-0.15, -0.1) is 0 Å². The van der Waals surface area contributed by atoms with Crippen LogP contribution in [0.25, 0.3) is 0 Å². The van der Waals surface area contributed by atoms with Crippen LogP contribution in [-0.4, -0.2) is 34.5 Å². The average Bonchev–Trinajstić information content (AvgIpc) is 2.83. The Hall–Kier alpha value is -1.08. The third-order valence-electron chi connectivity index (χ3n) is 2.53. The van der Waals surface area contributed by atoms with Crippen LogP contribution >= 0.6 is 11.8 Å². The molecule has 0 bridgehead atoms. The molecule has 0 fully saturated rings. The normalized spacial score (nSPS) is 13.2. The Balaban J connectivity index is 2.28. The fourth-order valence-electron chi connectivity index (χ4n) is 1.36. The lowest BCUT2D eigenvalue weighted by atomic mass is 9.96. The second-order valence-corrected chi connectivity index (χ2v) is 6.57. The van der Waals surface area contributed by atoms with E-state index in [0.29, 0.717) is 30.5 Å². The molecule has 20 heavy (non-hydrogen) atoms. The highest BCUT2D eigenvalue weighted by molar-refractivity contribution is 7.98. The first-order valence-electron chi connectivity index (χ1n) is 6.67. The summed E-state index contributed by atoms with van der Waals surface area (Å²) in [6.45, 7) is 8.23. The molecule has 6 nitrogen and oxygen atoms in total. The van der Waals surface area contributed by atoms with Crippen molar-refractivity contribution in [3.05, 3.63) is 11.7 Å². The molecular weight excluding hydrogens is 278 g/mol. The summed E-state index contributed by atoms with van der Waals surface area (Å²) in [6.07, 6.45) is 0.573. The summed E-state index contributed by atoms with van der Waals surface area (Å²) in [5.41, 5.74) is 5.59. The molecule has 0 aliphatic carbocycles. The monoisotopic (exact) mass is 301 g/mol. The van der Waals surface area contributed by atoms with E-state index in [1.807, 2.05) is 20.8 Å². The van der Waals surface area contributed by atoms with Gasteiger partial charge in [0.15, 0.2) is 5.82 Å². The molecule has 1 heterocycles. The summed E-state index contributed by atoms with van der Waals surface area (Å²) in [4.78, 5) is 15.7. The van der Waals surface area contributed by atoms with Crippen molar-refractivity contribution in [2.24, 2.45) is 5.73 Å². The number of hydrogen-bond donors (Lipinski definition) is 1. The van der Waals surface area contributed by atoms with E-state index >= 15 is 0 Å². The van der Waals surface area contributed by atoms with Gasteiger partial charge in [0.2, 0.25) is 5.89 Å². The van der Waals surface area contributed by atoms with E-state index in [-0.39, 0.29) is 11.4 Å². The first-order chi connectivity index (χ1) is 9.34. The van der Waals surface area contributed by atoms with Crippen LogP contribution in [0.5, 0.6) is 0 Å². The maximum Gasteiger partial charge on any atom is 0.322 e. The summed E-state index contributed by atoms with van der Waals surface area (Å²) in [5, 5.41) is 3.96. The molecule has 7 heteroatoms. The van der Waals surface area contributed by atoms with E-state index in [4.69, 9.17) is 15.0 Å². The molecule has 0 amide bonds. The lowest BCUT2D eigenvalue weighted by Gasteiger charge is -2.10. The Morgan fingerprint density at radius 3 is 2.75 bits per heavy atom. The number of thioether (sulfide) groups is 1. The topological polar surface area (TPSA) is 91.2 Å². The first kappa shape index (κ1) is 17.0. The second-order valence-electron chi connectivity index (χ2n) is 5.46. The van der Waals surface area contributed by atoms with Crippen LogP contribution in [0.1, 0.15) is 45.8 Å². The van der Waals surface area contributed by atoms with E-state index in [9.17, 15) is 4.79 Å². The molecule has 0 aliphatic rings. The molecule has 1 unspecified atom stereocenters. The number of rotatable bonds is 7. The molecule has 1 rings (SSSR count). The zero-order chi connectivity index (χ0) is 15.2. The number of nitrogens with zero attached hydrogens (tertiary/aromatic N) is 2. The van der Waals surface area contributed by atoms with Crippen LogP contribution in [0.15, 0.2) is 4.52 Å². The van der Waals surface area contributed by atoms with Gasteiger partial charge in [-0.3, -0.25) is 4.79 Å². The minimum atomic E-state index is -0.560. The van der Waals surface area contributed by atoms with Crippen molar-refractivity contribution in [3.63, 3.8) is 0 Å². The maximum absolute atomic E-state index is 11.3. The molecule has 0 saturated carbocycles. The van der Waals surface area contributed by atoms with Crippen LogP contribution in [0.4, 0.5) is 0 Å². The van der Waals surface area contributed by atoms with Gasteiger partial charge in [-0.25, -0.2) is 0 Å². The van der Waals surface area contributed by atoms with Crippen molar-refractivity contribution < 1.29 is 14.1 Å². The Kier molecular flexibility index (Phi) is 6.48. The lowest BCUT2D eigenvalue weighted by molar-refractivity contribution is -0.144. The SMILES string of the molecule is CCOC(=O)C(N)CCSCc1nc(C(C)(C)C)no1. The molecule has 1 aromatic heterocycles. The zero-order valence-corrected chi connectivity index (χ0v) is 13.3. The predicted octanol–water partition coefficient (Wildman–Crippen LogP) is 1.88. The zero-order valence-electron chi connectivity index (χ0n) is 12.5.